The number of carbonyl (C=O) groups excluding carboxylic acids is 1. The molecular formula is C20H20N4O3. The smallest absolute Gasteiger partial charge is 0.272 e. The molecule has 3 aromatic rings. The number of nitrogens with one attached hydrogen (secondary N) is 2. The molecule has 7 heteroatoms. The summed E-state index contributed by atoms with van der Waals surface area (Å²) in [5, 5.41) is 8.96. The molecular weight excluding hydrogens is 344 g/mol. The van der Waals surface area contributed by atoms with Crippen molar-refractivity contribution in [2.24, 2.45) is 0 Å². The van der Waals surface area contributed by atoms with E-state index in [1.54, 1.807) is 36.8 Å². The third kappa shape index (κ3) is 5.24. The predicted octanol–water partition coefficient (Wildman–Crippen LogP) is 2.42. The first-order valence-electron chi connectivity index (χ1n) is 8.69. The second-order valence-electron chi connectivity index (χ2n) is 5.88. The largest absolute Gasteiger partial charge is 0.494 e. The first-order chi connectivity index (χ1) is 13.2. The average Bonchev–Trinajstić information content (AvgIpc) is 2.72. The molecule has 3 rings (SSSR count). The summed E-state index contributed by atoms with van der Waals surface area (Å²) in [5.41, 5.74) is 1.71. The number of hydrogen-bond donors (Lipinski definition) is 2. The van der Waals surface area contributed by atoms with Crippen molar-refractivity contribution >= 4 is 5.91 Å². The molecule has 1 aromatic carbocycles. The number of aromatic nitrogens is 3. The molecule has 0 spiro atoms. The van der Waals surface area contributed by atoms with Crippen LogP contribution in [0.25, 0.3) is 11.1 Å². The lowest BCUT2D eigenvalue weighted by Crippen LogP contribution is -2.24. The first kappa shape index (κ1) is 18.3. The molecule has 0 radical (unpaired) electrons. The Labute approximate surface area is 156 Å². The molecule has 27 heavy (non-hydrogen) atoms. The number of aromatic amines is 1. The van der Waals surface area contributed by atoms with Gasteiger partial charge in [-0.15, -0.1) is 0 Å². The van der Waals surface area contributed by atoms with E-state index in [9.17, 15) is 9.59 Å². The highest BCUT2D eigenvalue weighted by molar-refractivity contribution is 5.93. The minimum atomic E-state index is -0.223. The second-order valence-corrected chi connectivity index (χ2v) is 5.88. The van der Waals surface area contributed by atoms with Gasteiger partial charge in [0.25, 0.3) is 11.5 Å². The third-order valence-electron chi connectivity index (χ3n) is 3.94. The number of carbonyl (C=O) groups is 1. The number of ether oxygens (including phenoxy) is 1. The van der Waals surface area contributed by atoms with E-state index in [0.717, 1.165) is 24.2 Å². The molecule has 0 bridgehead atoms. The summed E-state index contributed by atoms with van der Waals surface area (Å²) in [7, 11) is 0. The molecule has 138 valence electrons. The molecule has 0 atom stereocenters. The normalized spacial score (nSPS) is 10.4. The van der Waals surface area contributed by atoms with Gasteiger partial charge < -0.3 is 10.1 Å². The van der Waals surface area contributed by atoms with Crippen molar-refractivity contribution in [2.75, 3.05) is 13.2 Å². The number of pyridine rings is 1. The van der Waals surface area contributed by atoms with Gasteiger partial charge in [0, 0.05) is 30.7 Å². The fourth-order valence-electron chi connectivity index (χ4n) is 2.52. The van der Waals surface area contributed by atoms with Crippen LogP contribution in [0, 0.1) is 0 Å². The van der Waals surface area contributed by atoms with Crippen molar-refractivity contribution < 1.29 is 9.53 Å². The van der Waals surface area contributed by atoms with Gasteiger partial charge in [0.2, 0.25) is 0 Å². The van der Waals surface area contributed by atoms with Crippen LogP contribution in [0.3, 0.4) is 0 Å². The number of H-pyrrole nitrogens is 1. The SMILES string of the molecule is O=C(NCCCCOc1ccc(-c2ccn[nH]c2=O)cc1)c1cccnc1. The Kier molecular flexibility index (Phi) is 6.30. The average molecular weight is 364 g/mol. The number of rotatable bonds is 8. The van der Waals surface area contributed by atoms with Crippen LogP contribution in [0.2, 0.25) is 0 Å². The molecule has 1 amide bonds. The summed E-state index contributed by atoms with van der Waals surface area (Å²) in [4.78, 5) is 27.5. The Hall–Kier alpha value is -3.48. The van der Waals surface area contributed by atoms with Crippen molar-refractivity contribution in [3.63, 3.8) is 0 Å². The highest BCUT2D eigenvalue weighted by Gasteiger charge is 2.04. The van der Waals surface area contributed by atoms with Crippen molar-refractivity contribution in [3.05, 3.63) is 77.0 Å². The van der Waals surface area contributed by atoms with Crippen LogP contribution in [0.4, 0.5) is 0 Å². The molecule has 0 aliphatic heterocycles. The van der Waals surface area contributed by atoms with E-state index in [1.165, 1.54) is 0 Å². The third-order valence-corrected chi connectivity index (χ3v) is 3.94. The van der Waals surface area contributed by atoms with E-state index in [-0.39, 0.29) is 11.5 Å². The van der Waals surface area contributed by atoms with Crippen LogP contribution in [-0.2, 0) is 0 Å². The van der Waals surface area contributed by atoms with E-state index in [4.69, 9.17) is 4.74 Å². The molecule has 0 fully saturated rings. The fourth-order valence-corrected chi connectivity index (χ4v) is 2.52. The van der Waals surface area contributed by atoms with Crippen LogP contribution < -0.4 is 15.6 Å². The van der Waals surface area contributed by atoms with Gasteiger partial charge >= 0.3 is 0 Å². The van der Waals surface area contributed by atoms with Crippen molar-refractivity contribution in [3.8, 4) is 16.9 Å². The number of amides is 1. The monoisotopic (exact) mass is 364 g/mol. The zero-order valence-corrected chi connectivity index (χ0v) is 14.7. The van der Waals surface area contributed by atoms with Crippen LogP contribution in [0.1, 0.15) is 23.2 Å². The quantitative estimate of drug-likeness (QED) is 0.598. The summed E-state index contributed by atoms with van der Waals surface area (Å²) in [6.07, 6.45) is 6.36. The Morgan fingerprint density at radius 2 is 1.93 bits per heavy atom. The van der Waals surface area contributed by atoms with Gasteiger partial charge in [-0.3, -0.25) is 14.6 Å². The molecule has 0 saturated carbocycles. The van der Waals surface area contributed by atoms with Gasteiger partial charge in [-0.1, -0.05) is 12.1 Å². The van der Waals surface area contributed by atoms with E-state index < -0.39 is 0 Å². The minimum Gasteiger partial charge on any atom is -0.494 e. The number of nitrogens with zero attached hydrogens (tertiary/aromatic N) is 2. The maximum Gasteiger partial charge on any atom is 0.272 e. The highest BCUT2D eigenvalue weighted by Crippen LogP contribution is 2.19. The molecule has 0 aliphatic rings. The Balaban J connectivity index is 1.38. The maximum atomic E-state index is 11.9. The summed E-state index contributed by atoms with van der Waals surface area (Å²) in [5.74, 6) is 0.620. The number of hydrogen-bond acceptors (Lipinski definition) is 5. The number of benzene rings is 1. The Morgan fingerprint density at radius 1 is 1.07 bits per heavy atom. The first-order valence-corrected chi connectivity index (χ1v) is 8.69. The van der Waals surface area contributed by atoms with Crippen LogP contribution in [0.5, 0.6) is 5.75 Å². The van der Waals surface area contributed by atoms with Gasteiger partial charge in [0.05, 0.1) is 12.2 Å². The van der Waals surface area contributed by atoms with Crippen LogP contribution in [-0.4, -0.2) is 34.2 Å². The van der Waals surface area contributed by atoms with Gasteiger partial charge in [-0.05, 0) is 48.7 Å². The van der Waals surface area contributed by atoms with Crippen molar-refractivity contribution in [1.82, 2.24) is 20.5 Å². The van der Waals surface area contributed by atoms with Crippen LogP contribution >= 0.6 is 0 Å². The topological polar surface area (TPSA) is 97.0 Å². The molecule has 2 N–H and O–H groups in total. The Bertz CT molecular complexity index is 924. The summed E-state index contributed by atoms with van der Waals surface area (Å²) >= 11 is 0. The zero-order chi connectivity index (χ0) is 18.9. The van der Waals surface area contributed by atoms with E-state index in [1.807, 2.05) is 24.3 Å². The van der Waals surface area contributed by atoms with Gasteiger partial charge in [-0.25, -0.2) is 5.10 Å². The minimum absolute atomic E-state index is 0.120. The van der Waals surface area contributed by atoms with Crippen molar-refractivity contribution in [2.45, 2.75) is 12.8 Å². The Morgan fingerprint density at radius 3 is 2.67 bits per heavy atom. The van der Waals surface area contributed by atoms with E-state index in [0.29, 0.717) is 24.3 Å². The molecule has 0 unspecified atom stereocenters. The fraction of sp³-hybridized carbons (Fsp3) is 0.200. The molecule has 2 aromatic heterocycles. The highest BCUT2D eigenvalue weighted by atomic mass is 16.5. The van der Waals surface area contributed by atoms with Gasteiger partial charge in [-0.2, -0.15) is 5.10 Å². The molecule has 7 nitrogen and oxygen atoms in total. The number of unbranched alkanes of at least 4 members (excludes halogenated alkanes) is 1. The van der Waals surface area contributed by atoms with E-state index in [2.05, 4.69) is 20.5 Å². The predicted molar refractivity (Wildman–Crippen MR) is 102 cm³/mol. The molecule has 0 saturated heterocycles. The zero-order valence-electron chi connectivity index (χ0n) is 14.7. The maximum absolute atomic E-state index is 11.9. The van der Waals surface area contributed by atoms with Crippen molar-refractivity contribution in [1.29, 1.82) is 0 Å². The lowest BCUT2D eigenvalue weighted by atomic mass is 10.1. The lowest BCUT2D eigenvalue weighted by molar-refractivity contribution is 0.0952. The standard InChI is InChI=1S/C20H20N4O3/c25-19(16-4-3-10-21-14-16)22-11-1-2-13-27-17-7-5-15(6-8-17)18-9-12-23-24-20(18)26/h3-10,12,14H,1-2,11,13H2,(H,22,25)(H,24,26). The summed E-state index contributed by atoms with van der Waals surface area (Å²) < 4.78 is 5.70. The van der Waals surface area contributed by atoms with Gasteiger partial charge in [0.1, 0.15) is 5.75 Å². The second kappa shape index (κ2) is 9.28. The molecule has 0 aliphatic carbocycles. The van der Waals surface area contributed by atoms with E-state index >= 15 is 0 Å². The van der Waals surface area contributed by atoms with Gasteiger partial charge in [0.15, 0.2) is 0 Å². The lowest BCUT2D eigenvalue weighted by Gasteiger charge is -2.08. The summed E-state index contributed by atoms with van der Waals surface area (Å²) in [6, 6.07) is 12.5. The molecule has 2 heterocycles. The summed E-state index contributed by atoms with van der Waals surface area (Å²) in [6.45, 7) is 1.14. The van der Waals surface area contributed by atoms with Crippen LogP contribution in [0.15, 0.2) is 65.8 Å².